The second-order valence-electron chi connectivity index (χ2n) is 3.77. The number of nitrogens with zero attached hydrogens (tertiary/aromatic N) is 1. The van der Waals surface area contributed by atoms with Gasteiger partial charge in [-0.2, -0.15) is 0 Å². The van der Waals surface area contributed by atoms with Crippen LogP contribution in [0.1, 0.15) is 0 Å². The summed E-state index contributed by atoms with van der Waals surface area (Å²) in [5, 5.41) is 13.4. The summed E-state index contributed by atoms with van der Waals surface area (Å²) >= 11 is 0. The highest BCUT2D eigenvalue weighted by Gasteiger charge is 2.19. The minimum Gasteiger partial charge on any atom is -0.493 e. The summed E-state index contributed by atoms with van der Waals surface area (Å²) in [5.41, 5.74) is -0.104. The number of hydrogen-bond donors (Lipinski definition) is 1. The van der Waals surface area contributed by atoms with Crippen LogP contribution in [0.5, 0.6) is 11.5 Å². The largest absolute Gasteiger partial charge is 0.493 e. The molecule has 0 radical (unpaired) electrons. The predicted octanol–water partition coefficient (Wildman–Crippen LogP) is 0.743. The quantitative estimate of drug-likeness (QED) is 0.448. The second-order valence-corrected chi connectivity index (χ2v) is 3.77. The topological polar surface area (TPSA) is 99.9 Å². The zero-order valence-corrected chi connectivity index (χ0v) is 11.4. The summed E-state index contributed by atoms with van der Waals surface area (Å²) in [5.74, 6) is 0.0644. The minimum absolute atomic E-state index is 0.0113. The molecule has 0 saturated carbocycles. The molecular formula is C12H16N2O6. The Morgan fingerprint density at radius 1 is 1.40 bits per heavy atom. The Balaban J connectivity index is 2.81. The van der Waals surface area contributed by atoms with Crippen LogP contribution in [0.4, 0.5) is 5.69 Å². The summed E-state index contributed by atoms with van der Waals surface area (Å²) in [6, 6.07) is 3.33. The molecule has 1 atom stereocenters. The molecule has 0 aromatic heterocycles. The van der Waals surface area contributed by atoms with Gasteiger partial charge in [-0.15, -0.1) is 0 Å². The number of rotatable bonds is 7. The SMILES string of the molecule is CNC(COc1ccc([N+](=O)[O-])cc1OC)C(=O)OC. The molecule has 1 aromatic carbocycles. The zero-order chi connectivity index (χ0) is 15.1. The van der Waals surface area contributed by atoms with Crippen LogP contribution >= 0.6 is 0 Å². The van der Waals surface area contributed by atoms with Gasteiger partial charge in [0.1, 0.15) is 12.6 Å². The minimum atomic E-state index is -0.639. The van der Waals surface area contributed by atoms with E-state index in [1.54, 1.807) is 7.05 Å². The molecule has 110 valence electrons. The van der Waals surface area contributed by atoms with Crippen molar-refractivity contribution in [2.75, 3.05) is 27.9 Å². The van der Waals surface area contributed by atoms with Crippen LogP contribution in [0.2, 0.25) is 0 Å². The fourth-order valence-corrected chi connectivity index (χ4v) is 1.47. The molecule has 0 bridgehead atoms. The van der Waals surface area contributed by atoms with Gasteiger partial charge in [-0.3, -0.25) is 14.9 Å². The first kappa shape index (κ1) is 15.7. The number of benzene rings is 1. The summed E-state index contributed by atoms with van der Waals surface area (Å²) in [6.45, 7) is 0.0113. The van der Waals surface area contributed by atoms with E-state index in [2.05, 4.69) is 10.1 Å². The van der Waals surface area contributed by atoms with Gasteiger partial charge in [0.25, 0.3) is 5.69 Å². The van der Waals surface area contributed by atoms with Crippen LogP contribution < -0.4 is 14.8 Å². The third-order valence-corrected chi connectivity index (χ3v) is 2.60. The van der Waals surface area contributed by atoms with Gasteiger partial charge in [-0.05, 0) is 13.1 Å². The van der Waals surface area contributed by atoms with Crippen molar-refractivity contribution >= 4 is 11.7 Å². The highest BCUT2D eigenvalue weighted by atomic mass is 16.6. The fraction of sp³-hybridized carbons (Fsp3) is 0.417. The van der Waals surface area contributed by atoms with E-state index >= 15 is 0 Å². The van der Waals surface area contributed by atoms with Gasteiger partial charge in [0.05, 0.1) is 25.2 Å². The van der Waals surface area contributed by atoms with Gasteiger partial charge in [0.2, 0.25) is 0 Å². The van der Waals surface area contributed by atoms with Crippen molar-refractivity contribution in [2.45, 2.75) is 6.04 Å². The van der Waals surface area contributed by atoms with Crippen molar-refractivity contribution in [1.29, 1.82) is 0 Å². The lowest BCUT2D eigenvalue weighted by molar-refractivity contribution is -0.385. The number of nitrogens with one attached hydrogen (secondary N) is 1. The average Bonchev–Trinajstić information content (AvgIpc) is 2.47. The zero-order valence-electron chi connectivity index (χ0n) is 11.4. The van der Waals surface area contributed by atoms with Crippen molar-refractivity contribution in [2.24, 2.45) is 0 Å². The molecule has 0 spiro atoms. The number of nitro groups is 1. The molecule has 8 heteroatoms. The molecule has 8 nitrogen and oxygen atoms in total. The number of non-ortho nitro benzene ring substituents is 1. The van der Waals surface area contributed by atoms with Gasteiger partial charge in [0.15, 0.2) is 11.5 Å². The third kappa shape index (κ3) is 3.82. The van der Waals surface area contributed by atoms with Gasteiger partial charge < -0.3 is 19.5 Å². The maximum atomic E-state index is 11.4. The van der Waals surface area contributed by atoms with E-state index in [9.17, 15) is 14.9 Å². The number of carbonyl (C=O) groups is 1. The van der Waals surface area contributed by atoms with Crippen LogP contribution in [0.25, 0.3) is 0 Å². The molecule has 0 aliphatic rings. The van der Waals surface area contributed by atoms with Crippen LogP contribution in [0.3, 0.4) is 0 Å². The number of esters is 1. The first-order chi connectivity index (χ1) is 9.53. The van der Waals surface area contributed by atoms with Gasteiger partial charge in [-0.1, -0.05) is 0 Å². The summed E-state index contributed by atoms with van der Waals surface area (Å²) in [7, 11) is 4.25. The summed E-state index contributed by atoms with van der Waals surface area (Å²) < 4.78 is 15.0. The lowest BCUT2D eigenvalue weighted by atomic mass is 10.2. The molecule has 0 aliphatic carbocycles. The number of hydrogen-bond acceptors (Lipinski definition) is 7. The van der Waals surface area contributed by atoms with Crippen molar-refractivity contribution in [3.05, 3.63) is 28.3 Å². The van der Waals surface area contributed by atoms with Gasteiger partial charge in [0, 0.05) is 6.07 Å². The first-order valence-electron chi connectivity index (χ1n) is 5.73. The summed E-state index contributed by atoms with van der Waals surface area (Å²) in [6.07, 6.45) is 0. The van der Waals surface area contributed by atoms with Crippen LogP contribution in [0, 0.1) is 10.1 Å². The Bertz CT molecular complexity index is 491. The van der Waals surface area contributed by atoms with E-state index in [1.807, 2.05) is 0 Å². The van der Waals surface area contributed by atoms with E-state index in [1.165, 1.54) is 32.4 Å². The normalized spacial score (nSPS) is 11.6. The Morgan fingerprint density at radius 2 is 2.10 bits per heavy atom. The molecule has 1 unspecified atom stereocenters. The predicted molar refractivity (Wildman–Crippen MR) is 70.0 cm³/mol. The number of carbonyl (C=O) groups excluding carboxylic acids is 1. The number of ether oxygens (including phenoxy) is 3. The maximum absolute atomic E-state index is 11.4. The number of likely N-dealkylation sites (N-methyl/N-ethyl adjacent to an activating group) is 1. The molecule has 1 aromatic rings. The van der Waals surface area contributed by atoms with Crippen LogP contribution in [0.15, 0.2) is 18.2 Å². The third-order valence-electron chi connectivity index (χ3n) is 2.60. The number of methoxy groups -OCH3 is 2. The molecule has 0 saturated heterocycles. The molecule has 1 N–H and O–H groups in total. The Labute approximate surface area is 115 Å². The van der Waals surface area contributed by atoms with E-state index in [-0.39, 0.29) is 18.0 Å². The van der Waals surface area contributed by atoms with E-state index in [4.69, 9.17) is 9.47 Å². The lowest BCUT2D eigenvalue weighted by Crippen LogP contribution is -2.40. The van der Waals surface area contributed by atoms with E-state index in [0.717, 1.165) is 0 Å². The highest BCUT2D eigenvalue weighted by molar-refractivity contribution is 5.75. The van der Waals surface area contributed by atoms with Crippen molar-refractivity contribution in [3.8, 4) is 11.5 Å². The smallest absolute Gasteiger partial charge is 0.326 e. The van der Waals surface area contributed by atoms with Gasteiger partial charge >= 0.3 is 5.97 Å². The average molecular weight is 284 g/mol. The fourth-order valence-electron chi connectivity index (χ4n) is 1.47. The first-order valence-corrected chi connectivity index (χ1v) is 5.73. The monoisotopic (exact) mass is 284 g/mol. The Hall–Kier alpha value is -2.35. The van der Waals surface area contributed by atoms with E-state index < -0.39 is 16.9 Å². The number of nitro benzene ring substituents is 1. The standard InChI is InChI=1S/C12H16N2O6/c1-13-9(12(15)19-3)7-20-10-5-4-8(14(16)17)6-11(10)18-2/h4-6,9,13H,7H2,1-3H3. The van der Waals surface area contributed by atoms with Crippen molar-refractivity contribution < 1.29 is 23.9 Å². The molecule has 1 rings (SSSR count). The highest BCUT2D eigenvalue weighted by Crippen LogP contribution is 2.31. The van der Waals surface area contributed by atoms with Crippen molar-refractivity contribution in [3.63, 3.8) is 0 Å². The molecule has 20 heavy (non-hydrogen) atoms. The van der Waals surface area contributed by atoms with Gasteiger partial charge in [-0.25, -0.2) is 0 Å². The molecule has 0 fully saturated rings. The van der Waals surface area contributed by atoms with Crippen molar-refractivity contribution in [1.82, 2.24) is 5.32 Å². The van der Waals surface area contributed by atoms with E-state index in [0.29, 0.717) is 5.75 Å². The Morgan fingerprint density at radius 3 is 2.60 bits per heavy atom. The maximum Gasteiger partial charge on any atom is 0.326 e. The summed E-state index contributed by atoms with van der Waals surface area (Å²) in [4.78, 5) is 21.5. The molecule has 0 heterocycles. The Kier molecular flexibility index (Phi) is 5.73. The molecule has 0 amide bonds. The lowest BCUT2D eigenvalue weighted by Gasteiger charge is -2.16. The molecular weight excluding hydrogens is 268 g/mol. The van der Waals surface area contributed by atoms with Crippen LogP contribution in [-0.2, 0) is 9.53 Å². The molecule has 0 aliphatic heterocycles. The van der Waals surface area contributed by atoms with Crippen LogP contribution in [-0.4, -0.2) is 44.8 Å². The second kappa shape index (κ2) is 7.29.